The van der Waals surface area contributed by atoms with Crippen LogP contribution in [0.3, 0.4) is 0 Å². The fourth-order valence-electron chi connectivity index (χ4n) is 6.76. The second kappa shape index (κ2) is 12.4. The topological polar surface area (TPSA) is 111 Å². The largest absolute Gasteiger partial charge is 0.457 e. The molecule has 1 aliphatic heterocycles. The summed E-state index contributed by atoms with van der Waals surface area (Å²) in [6.07, 6.45) is 7.53. The summed E-state index contributed by atoms with van der Waals surface area (Å²) in [5.41, 5.74) is 3.04. The number of allylic oxidation sites excluding steroid dienone is 1. The molecule has 0 N–H and O–H groups in total. The van der Waals surface area contributed by atoms with Gasteiger partial charge in [-0.2, -0.15) is 5.10 Å². The van der Waals surface area contributed by atoms with Gasteiger partial charge >= 0.3 is 12.1 Å². The second-order valence-electron chi connectivity index (χ2n) is 13.6. The van der Waals surface area contributed by atoms with E-state index in [1.54, 1.807) is 27.9 Å². The van der Waals surface area contributed by atoms with Gasteiger partial charge in [-0.3, -0.25) is 14.3 Å². The zero-order valence-corrected chi connectivity index (χ0v) is 27.1. The molecule has 3 aromatic rings. The first kappa shape index (κ1) is 32.2. The Kier molecular flexibility index (Phi) is 8.50. The zero-order valence-electron chi connectivity index (χ0n) is 27.1. The predicted octanol–water partition coefficient (Wildman–Crippen LogP) is 5.59. The van der Waals surface area contributed by atoms with Crippen LogP contribution in [0.1, 0.15) is 69.6 Å². The maximum absolute atomic E-state index is 14.0. The van der Waals surface area contributed by atoms with Gasteiger partial charge in [0, 0.05) is 49.5 Å². The number of amides is 3. The number of esters is 1. The van der Waals surface area contributed by atoms with Gasteiger partial charge in [0.15, 0.2) is 0 Å². The van der Waals surface area contributed by atoms with Crippen LogP contribution in [0.5, 0.6) is 0 Å². The second-order valence-corrected chi connectivity index (χ2v) is 13.6. The third kappa shape index (κ3) is 6.70. The molecule has 1 aromatic heterocycles. The highest BCUT2D eigenvalue weighted by atomic mass is 19.1. The number of halogens is 1. The van der Waals surface area contributed by atoms with Crippen LogP contribution in [0.15, 0.2) is 66.5 Å². The minimum atomic E-state index is -1.46. The molecule has 10 nitrogen and oxygen atoms in total. The normalized spacial score (nSPS) is 20.7. The Morgan fingerprint density at radius 3 is 2.47 bits per heavy atom. The Balaban J connectivity index is 1.19. The van der Waals surface area contributed by atoms with Gasteiger partial charge in [-0.25, -0.2) is 18.9 Å². The highest BCUT2D eigenvalue weighted by Crippen LogP contribution is 2.46. The van der Waals surface area contributed by atoms with Gasteiger partial charge in [-0.1, -0.05) is 35.9 Å². The van der Waals surface area contributed by atoms with Crippen molar-refractivity contribution in [2.45, 2.75) is 83.1 Å². The number of aromatic nitrogens is 2. The van der Waals surface area contributed by atoms with Crippen LogP contribution in [0.25, 0.3) is 11.1 Å². The van der Waals surface area contributed by atoms with Crippen molar-refractivity contribution in [3.05, 3.63) is 89.0 Å². The van der Waals surface area contributed by atoms with E-state index in [0.29, 0.717) is 44.1 Å². The van der Waals surface area contributed by atoms with Crippen LogP contribution in [0.2, 0.25) is 0 Å². The average Bonchev–Trinajstić information content (AvgIpc) is 3.68. The summed E-state index contributed by atoms with van der Waals surface area (Å²) in [5, 5.41) is 4.23. The number of ether oxygens (including phenoxy) is 2. The van der Waals surface area contributed by atoms with E-state index >= 15 is 0 Å². The molecule has 2 aliphatic carbocycles. The van der Waals surface area contributed by atoms with Crippen molar-refractivity contribution < 1.29 is 33.0 Å². The Bertz CT molecular complexity index is 1750. The molecule has 3 aliphatic rings. The van der Waals surface area contributed by atoms with Crippen molar-refractivity contribution in [1.29, 1.82) is 0 Å². The van der Waals surface area contributed by atoms with Crippen molar-refractivity contribution in [2.24, 2.45) is 7.05 Å². The van der Waals surface area contributed by atoms with Gasteiger partial charge in [0.2, 0.25) is 11.5 Å². The quantitative estimate of drug-likeness (QED) is 0.244. The monoisotopic (exact) mass is 642 g/mol. The van der Waals surface area contributed by atoms with Gasteiger partial charge in [-0.05, 0) is 81.7 Å². The molecule has 2 heterocycles. The Hall–Kier alpha value is -4.80. The first-order valence-corrected chi connectivity index (χ1v) is 15.9. The molecule has 1 spiro atoms. The van der Waals surface area contributed by atoms with Gasteiger partial charge in [0.1, 0.15) is 18.0 Å². The molecule has 2 aromatic carbocycles. The molecule has 0 bridgehead atoms. The summed E-state index contributed by atoms with van der Waals surface area (Å²) in [7, 11) is 1.84. The van der Waals surface area contributed by atoms with E-state index in [2.05, 4.69) is 5.10 Å². The number of hydrogen-bond acceptors (Lipinski definition) is 7. The molecule has 2 fully saturated rings. The molecule has 3 amide bonds. The lowest BCUT2D eigenvalue weighted by Crippen LogP contribution is -2.48. The van der Waals surface area contributed by atoms with E-state index in [1.165, 1.54) is 18.2 Å². The lowest BCUT2D eigenvalue weighted by molar-refractivity contribution is -0.148. The number of carbonyl (C=O) groups excluding carboxylic acids is 4. The molecule has 11 heteroatoms. The molecule has 0 radical (unpaired) electrons. The van der Waals surface area contributed by atoms with E-state index in [1.807, 2.05) is 52.2 Å². The summed E-state index contributed by atoms with van der Waals surface area (Å²) in [4.78, 5) is 56.1. The van der Waals surface area contributed by atoms with E-state index in [9.17, 15) is 23.6 Å². The number of nitrogens with zero attached hydrogens (tertiary/aromatic N) is 4. The molecule has 246 valence electrons. The maximum atomic E-state index is 14.0. The third-order valence-corrected chi connectivity index (χ3v) is 9.04. The van der Waals surface area contributed by atoms with E-state index in [4.69, 9.17) is 9.47 Å². The van der Waals surface area contributed by atoms with Crippen LogP contribution in [-0.2, 0) is 49.5 Å². The van der Waals surface area contributed by atoms with Crippen molar-refractivity contribution in [1.82, 2.24) is 19.6 Å². The van der Waals surface area contributed by atoms with Crippen LogP contribution < -0.4 is 0 Å². The molecular weight excluding hydrogens is 603 g/mol. The summed E-state index contributed by atoms with van der Waals surface area (Å²) >= 11 is 0. The third-order valence-electron chi connectivity index (χ3n) is 9.04. The fourth-order valence-corrected chi connectivity index (χ4v) is 6.76. The van der Waals surface area contributed by atoms with E-state index in [0.717, 1.165) is 32.7 Å². The van der Waals surface area contributed by atoms with Crippen molar-refractivity contribution in [3.8, 4) is 11.1 Å². The van der Waals surface area contributed by atoms with Gasteiger partial charge in [0.05, 0.1) is 6.20 Å². The smallest absolute Gasteiger partial charge is 0.418 e. The number of hydrogen-bond donors (Lipinski definition) is 0. The van der Waals surface area contributed by atoms with Crippen molar-refractivity contribution in [3.63, 3.8) is 0 Å². The van der Waals surface area contributed by atoms with Crippen LogP contribution in [0, 0.1) is 5.82 Å². The highest BCUT2D eigenvalue weighted by Gasteiger charge is 2.58. The fraction of sp³-hybridized carbons (Fsp3) is 0.417. The number of fused-ring (bicyclic) bond motifs is 2. The summed E-state index contributed by atoms with van der Waals surface area (Å²) in [6, 6.07) is 11.4. The molecule has 6 rings (SSSR count). The van der Waals surface area contributed by atoms with E-state index < -0.39 is 41.6 Å². The Labute approximate surface area is 273 Å². The molecule has 47 heavy (non-hydrogen) atoms. The van der Waals surface area contributed by atoms with Crippen molar-refractivity contribution >= 4 is 23.9 Å². The zero-order chi connectivity index (χ0) is 33.5. The molecule has 1 saturated heterocycles. The number of imide groups is 1. The van der Waals surface area contributed by atoms with Crippen LogP contribution in [0.4, 0.5) is 9.18 Å². The number of rotatable bonds is 7. The molecule has 1 saturated carbocycles. The summed E-state index contributed by atoms with van der Waals surface area (Å²) in [5.74, 6) is -1.74. The highest BCUT2D eigenvalue weighted by molar-refractivity contribution is 6.06. The predicted molar refractivity (Wildman–Crippen MR) is 170 cm³/mol. The van der Waals surface area contributed by atoms with Gasteiger partial charge in [0.25, 0.3) is 5.91 Å². The maximum Gasteiger partial charge on any atom is 0.418 e. The minimum absolute atomic E-state index is 0.178. The number of benzene rings is 2. The summed E-state index contributed by atoms with van der Waals surface area (Å²) in [6.45, 7) is 5.14. The van der Waals surface area contributed by atoms with Crippen molar-refractivity contribution in [2.75, 3.05) is 6.54 Å². The van der Waals surface area contributed by atoms with Gasteiger partial charge < -0.3 is 14.4 Å². The van der Waals surface area contributed by atoms with Crippen LogP contribution >= 0.6 is 0 Å². The van der Waals surface area contributed by atoms with E-state index in [-0.39, 0.29) is 18.4 Å². The molecule has 1 atom stereocenters. The van der Waals surface area contributed by atoms with Crippen LogP contribution in [-0.4, -0.2) is 61.6 Å². The lowest BCUT2D eigenvalue weighted by atomic mass is 9.89. The number of carbonyl (C=O) groups is 4. The molecular formula is C36H39FN4O6. The Morgan fingerprint density at radius 1 is 1.09 bits per heavy atom. The lowest BCUT2D eigenvalue weighted by Gasteiger charge is -2.36. The molecule has 0 unspecified atom stereocenters. The SMILES string of the molecule is Cn1cc(-c2ccc3c(c2)CC[C@]32OC(=O)N(CC(=O)N(Cc3ccc(F)cc3)C3CCC(=CC(=O)OC(C)(C)C)CC3)C2=O)cn1. The first-order valence-electron chi connectivity index (χ1n) is 15.9. The Morgan fingerprint density at radius 2 is 1.81 bits per heavy atom. The number of aryl methyl sites for hydroxylation is 2. The minimum Gasteiger partial charge on any atom is -0.457 e. The standard InChI is InChI=1S/C36H39FN4O6/c1-35(2,3)46-32(43)17-23-7-12-29(13-8-23)40(20-24-5-10-28(37)11-6-24)31(42)22-41-33(44)36(47-34(41)45)16-15-26-18-25(9-14-30(26)36)27-19-38-39(4)21-27/h5-6,9-11,14,17-19,21,29H,7-8,12-13,15-16,20,22H2,1-4H3/t29?,36-/m0/s1. The summed E-state index contributed by atoms with van der Waals surface area (Å²) < 4.78 is 26.6. The van der Waals surface area contributed by atoms with Gasteiger partial charge in [-0.15, -0.1) is 0 Å². The average molecular weight is 643 g/mol. The first-order chi connectivity index (χ1) is 22.3.